The molecule has 1 aromatic carbocycles. The highest BCUT2D eigenvalue weighted by atomic mass is 32.2. The minimum Gasteiger partial charge on any atom is -0.297 e. The summed E-state index contributed by atoms with van der Waals surface area (Å²) in [6.45, 7) is 4.87. The number of amides is 1. The van der Waals surface area contributed by atoms with Crippen molar-refractivity contribution in [1.29, 1.82) is 0 Å². The van der Waals surface area contributed by atoms with Gasteiger partial charge in [-0.25, -0.2) is 0 Å². The number of carbonyl (C=O) groups excluding carboxylic acids is 1. The molecule has 0 spiro atoms. The third-order valence-electron chi connectivity index (χ3n) is 2.90. The maximum absolute atomic E-state index is 12.1. The second-order valence-electron chi connectivity index (χ2n) is 4.27. The molecule has 90 valence electrons. The maximum atomic E-state index is 12.1. The highest BCUT2D eigenvalue weighted by molar-refractivity contribution is 8.23. The molecule has 0 saturated carbocycles. The molecular weight excluding hydrogens is 250 g/mol. The van der Waals surface area contributed by atoms with E-state index in [0.29, 0.717) is 6.42 Å². The molecular formula is C13H15NOS2. The van der Waals surface area contributed by atoms with E-state index in [1.54, 1.807) is 16.7 Å². The van der Waals surface area contributed by atoms with Crippen molar-refractivity contribution < 1.29 is 4.79 Å². The van der Waals surface area contributed by atoms with E-state index < -0.39 is 0 Å². The van der Waals surface area contributed by atoms with Crippen LogP contribution in [0.25, 0.3) is 0 Å². The van der Waals surface area contributed by atoms with Gasteiger partial charge in [-0.1, -0.05) is 47.7 Å². The van der Waals surface area contributed by atoms with Crippen molar-refractivity contribution in [2.45, 2.75) is 20.3 Å². The minimum atomic E-state index is 0.118. The Morgan fingerprint density at radius 2 is 2.24 bits per heavy atom. The van der Waals surface area contributed by atoms with Crippen LogP contribution in [0.1, 0.15) is 16.7 Å². The van der Waals surface area contributed by atoms with E-state index >= 15 is 0 Å². The average Bonchev–Trinajstić information content (AvgIpc) is 2.68. The van der Waals surface area contributed by atoms with E-state index in [2.05, 4.69) is 13.0 Å². The molecule has 4 heteroatoms. The summed E-state index contributed by atoms with van der Waals surface area (Å²) in [4.78, 5) is 13.8. The van der Waals surface area contributed by atoms with Crippen molar-refractivity contribution in [2.75, 3.05) is 12.3 Å². The number of thiocarbonyl (C=S) groups is 1. The molecule has 0 atom stereocenters. The van der Waals surface area contributed by atoms with Crippen LogP contribution in [0.3, 0.4) is 0 Å². The fourth-order valence-electron chi connectivity index (χ4n) is 1.92. The fraction of sp³-hybridized carbons (Fsp3) is 0.385. The van der Waals surface area contributed by atoms with Crippen LogP contribution in [0.4, 0.5) is 0 Å². The first kappa shape index (κ1) is 12.6. The van der Waals surface area contributed by atoms with Crippen LogP contribution in [0.2, 0.25) is 0 Å². The number of hydrogen-bond donors (Lipinski definition) is 0. The van der Waals surface area contributed by atoms with Gasteiger partial charge < -0.3 is 0 Å². The second kappa shape index (κ2) is 5.19. The molecule has 1 saturated heterocycles. The van der Waals surface area contributed by atoms with Crippen LogP contribution in [0.5, 0.6) is 0 Å². The number of nitrogens with zero attached hydrogens (tertiary/aromatic N) is 1. The highest BCUT2D eigenvalue weighted by Crippen LogP contribution is 2.20. The topological polar surface area (TPSA) is 20.3 Å². The number of hydrogen-bond acceptors (Lipinski definition) is 3. The lowest BCUT2D eigenvalue weighted by atomic mass is 10.0. The quantitative estimate of drug-likeness (QED) is 0.767. The lowest BCUT2D eigenvalue weighted by Gasteiger charge is -2.15. The molecule has 0 unspecified atom stereocenters. The van der Waals surface area contributed by atoms with Crippen molar-refractivity contribution in [1.82, 2.24) is 4.90 Å². The Morgan fingerprint density at radius 1 is 1.47 bits per heavy atom. The molecule has 0 radical (unpaired) electrons. The van der Waals surface area contributed by atoms with Gasteiger partial charge in [-0.15, -0.1) is 0 Å². The summed E-state index contributed by atoms with van der Waals surface area (Å²) >= 11 is 6.74. The van der Waals surface area contributed by atoms with Crippen molar-refractivity contribution in [2.24, 2.45) is 0 Å². The first-order valence-corrected chi connectivity index (χ1v) is 7.00. The summed E-state index contributed by atoms with van der Waals surface area (Å²) in [5, 5.41) is 0. The van der Waals surface area contributed by atoms with Crippen molar-refractivity contribution in [3.63, 3.8) is 0 Å². The normalized spacial score (nSPS) is 15.4. The minimum absolute atomic E-state index is 0.118. The summed E-state index contributed by atoms with van der Waals surface area (Å²) < 4.78 is 0.722. The monoisotopic (exact) mass is 265 g/mol. The number of aryl methyl sites for hydroxylation is 2. The van der Waals surface area contributed by atoms with E-state index in [-0.39, 0.29) is 5.91 Å². The van der Waals surface area contributed by atoms with Crippen LogP contribution in [0.15, 0.2) is 18.2 Å². The third kappa shape index (κ3) is 2.87. The van der Waals surface area contributed by atoms with Gasteiger partial charge in [0.15, 0.2) is 0 Å². The van der Waals surface area contributed by atoms with Gasteiger partial charge in [-0.3, -0.25) is 9.69 Å². The van der Waals surface area contributed by atoms with Gasteiger partial charge >= 0.3 is 0 Å². The van der Waals surface area contributed by atoms with E-state index in [0.717, 1.165) is 22.2 Å². The summed E-state index contributed by atoms with van der Waals surface area (Å²) in [7, 11) is 0. The van der Waals surface area contributed by atoms with Gasteiger partial charge in [0.1, 0.15) is 4.32 Å². The molecule has 1 aliphatic rings. The van der Waals surface area contributed by atoms with Crippen molar-refractivity contribution >= 4 is 34.2 Å². The van der Waals surface area contributed by atoms with Crippen LogP contribution in [-0.4, -0.2) is 27.4 Å². The summed E-state index contributed by atoms with van der Waals surface area (Å²) in [5.74, 6) is 1.05. The third-order valence-corrected chi connectivity index (χ3v) is 4.33. The maximum Gasteiger partial charge on any atom is 0.232 e. The second-order valence-corrected chi connectivity index (χ2v) is 6.00. The number of benzene rings is 1. The van der Waals surface area contributed by atoms with Crippen LogP contribution in [0, 0.1) is 13.8 Å². The highest BCUT2D eigenvalue weighted by Gasteiger charge is 2.24. The van der Waals surface area contributed by atoms with Gasteiger partial charge in [0, 0.05) is 12.3 Å². The summed E-state index contributed by atoms with van der Waals surface area (Å²) in [5.41, 5.74) is 3.50. The van der Waals surface area contributed by atoms with E-state index in [4.69, 9.17) is 12.2 Å². The zero-order chi connectivity index (χ0) is 12.4. The Balaban J connectivity index is 2.10. The Hall–Kier alpha value is -0.870. The zero-order valence-corrected chi connectivity index (χ0v) is 11.7. The van der Waals surface area contributed by atoms with Gasteiger partial charge in [-0.2, -0.15) is 0 Å². The SMILES string of the molecule is Cc1ccc(CC(=O)N2CCSC2=S)c(C)c1. The lowest BCUT2D eigenvalue weighted by Crippen LogP contribution is -2.32. The molecule has 2 nitrogen and oxygen atoms in total. The molecule has 2 rings (SSSR count). The molecule has 1 heterocycles. The smallest absolute Gasteiger partial charge is 0.232 e. The molecule has 0 aliphatic carbocycles. The van der Waals surface area contributed by atoms with Crippen LogP contribution >= 0.6 is 24.0 Å². The summed E-state index contributed by atoms with van der Waals surface area (Å²) in [6, 6.07) is 6.20. The number of rotatable bonds is 2. The van der Waals surface area contributed by atoms with E-state index in [1.807, 2.05) is 19.1 Å². The fourth-order valence-corrected chi connectivity index (χ4v) is 3.16. The molecule has 0 aromatic heterocycles. The van der Waals surface area contributed by atoms with Gasteiger partial charge in [0.25, 0.3) is 0 Å². The molecule has 1 aromatic rings. The summed E-state index contributed by atoms with van der Waals surface area (Å²) in [6.07, 6.45) is 0.451. The van der Waals surface area contributed by atoms with Crippen LogP contribution in [-0.2, 0) is 11.2 Å². The standard InChI is InChI=1S/C13H15NOS2/c1-9-3-4-11(10(2)7-9)8-12(15)14-5-6-17-13(14)16/h3-4,7H,5-6,8H2,1-2H3. The first-order chi connectivity index (χ1) is 8.08. The Morgan fingerprint density at radius 3 is 2.82 bits per heavy atom. The largest absolute Gasteiger partial charge is 0.297 e. The zero-order valence-electron chi connectivity index (χ0n) is 10.0. The Labute approximate surface area is 111 Å². The van der Waals surface area contributed by atoms with Crippen molar-refractivity contribution in [3.8, 4) is 0 Å². The van der Waals surface area contributed by atoms with Gasteiger partial charge in [0.2, 0.25) is 5.91 Å². The predicted octanol–water partition coefficient (Wildman–Crippen LogP) is 2.71. The van der Waals surface area contributed by atoms with Crippen molar-refractivity contribution in [3.05, 3.63) is 34.9 Å². The van der Waals surface area contributed by atoms with Gasteiger partial charge in [0.05, 0.1) is 6.42 Å². The predicted molar refractivity (Wildman–Crippen MR) is 76.4 cm³/mol. The first-order valence-electron chi connectivity index (χ1n) is 5.61. The van der Waals surface area contributed by atoms with E-state index in [9.17, 15) is 4.79 Å². The molecule has 0 bridgehead atoms. The molecule has 1 amide bonds. The van der Waals surface area contributed by atoms with Gasteiger partial charge in [-0.05, 0) is 25.0 Å². The molecule has 0 N–H and O–H groups in total. The van der Waals surface area contributed by atoms with E-state index in [1.165, 1.54) is 11.1 Å². The molecule has 1 fully saturated rings. The molecule has 17 heavy (non-hydrogen) atoms. The number of thioether (sulfide) groups is 1. The Kier molecular flexibility index (Phi) is 3.84. The average molecular weight is 265 g/mol. The molecule has 1 aliphatic heterocycles. The number of carbonyl (C=O) groups is 1. The Bertz CT molecular complexity index is 470. The lowest BCUT2D eigenvalue weighted by molar-refractivity contribution is -0.126. The van der Waals surface area contributed by atoms with Crippen LogP contribution < -0.4 is 0 Å².